The van der Waals surface area contributed by atoms with Crippen molar-refractivity contribution in [2.24, 2.45) is 11.8 Å². The smallest absolute Gasteiger partial charge is 0.318 e. The molecule has 1 saturated carbocycles. The molecule has 1 aromatic carbocycles. The van der Waals surface area contributed by atoms with Crippen LogP contribution in [0.5, 0.6) is 0 Å². The predicted molar refractivity (Wildman–Crippen MR) is 94.9 cm³/mol. The standard InChI is InChI=1S/C20H28N2O3/c1-25-20(24)18(17-9-5-6-10-17)19(23)22-13-11-21(12-14-22)15-16-7-3-2-4-8-16/h2-4,7-8,17-18H,5-6,9-15H2,1H3/p+1/t18-/m1/s1. The SMILES string of the molecule is COC(=O)[C@@H](C(=O)N1CC[NH+](Cc2ccccc2)CC1)C1CCCC1. The van der Waals surface area contributed by atoms with Crippen molar-refractivity contribution in [2.75, 3.05) is 33.3 Å². The van der Waals surface area contributed by atoms with Crippen LogP contribution in [0.15, 0.2) is 30.3 Å². The van der Waals surface area contributed by atoms with Crippen LogP contribution in [0.2, 0.25) is 0 Å². The number of rotatable bonds is 5. The molecule has 0 aromatic heterocycles. The van der Waals surface area contributed by atoms with Crippen LogP contribution >= 0.6 is 0 Å². The van der Waals surface area contributed by atoms with Crippen LogP contribution in [0.25, 0.3) is 0 Å². The van der Waals surface area contributed by atoms with Crippen molar-refractivity contribution in [1.29, 1.82) is 0 Å². The summed E-state index contributed by atoms with van der Waals surface area (Å²) in [7, 11) is 1.39. The largest absolute Gasteiger partial charge is 0.468 e. The highest BCUT2D eigenvalue weighted by atomic mass is 16.5. The summed E-state index contributed by atoms with van der Waals surface area (Å²) < 4.78 is 4.95. The van der Waals surface area contributed by atoms with Crippen LogP contribution in [-0.2, 0) is 20.9 Å². The maximum atomic E-state index is 13.0. The Bertz CT molecular complexity index is 576. The molecule has 1 saturated heterocycles. The third-order valence-electron chi connectivity index (χ3n) is 5.67. The van der Waals surface area contributed by atoms with Crippen molar-refractivity contribution in [3.63, 3.8) is 0 Å². The minimum atomic E-state index is -0.594. The first-order valence-corrected chi connectivity index (χ1v) is 9.43. The minimum absolute atomic E-state index is 0.0162. The Hall–Kier alpha value is -1.88. The van der Waals surface area contributed by atoms with E-state index in [-0.39, 0.29) is 17.8 Å². The van der Waals surface area contributed by atoms with Gasteiger partial charge in [0, 0.05) is 5.56 Å². The highest BCUT2D eigenvalue weighted by Gasteiger charge is 2.40. The number of piperazine rings is 1. The lowest BCUT2D eigenvalue weighted by Crippen LogP contribution is -3.13. The number of methoxy groups -OCH3 is 1. The summed E-state index contributed by atoms with van der Waals surface area (Å²) in [4.78, 5) is 28.6. The summed E-state index contributed by atoms with van der Waals surface area (Å²) in [5.41, 5.74) is 1.33. The Kier molecular flexibility index (Phi) is 6.08. The number of nitrogens with zero attached hydrogens (tertiary/aromatic N) is 1. The van der Waals surface area contributed by atoms with Crippen LogP contribution in [-0.4, -0.2) is 50.1 Å². The molecule has 136 valence electrons. The van der Waals surface area contributed by atoms with Gasteiger partial charge in [0.2, 0.25) is 5.91 Å². The van der Waals surface area contributed by atoms with Crippen LogP contribution in [0.3, 0.4) is 0 Å². The van der Waals surface area contributed by atoms with Gasteiger partial charge in [0.05, 0.1) is 33.3 Å². The van der Waals surface area contributed by atoms with Crippen LogP contribution < -0.4 is 4.90 Å². The molecular weight excluding hydrogens is 316 g/mol. The van der Waals surface area contributed by atoms with Crippen molar-refractivity contribution in [1.82, 2.24) is 4.90 Å². The van der Waals surface area contributed by atoms with Crippen molar-refractivity contribution in [2.45, 2.75) is 32.2 Å². The number of hydrogen-bond donors (Lipinski definition) is 1. The van der Waals surface area contributed by atoms with E-state index in [0.29, 0.717) is 0 Å². The van der Waals surface area contributed by atoms with Gasteiger partial charge in [-0.25, -0.2) is 0 Å². The van der Waals surface area contributed by atoms with E-state index in [9.17, 15) is 9.59 Å². The van der Waals surface area contributed by atoms with Gasteiger partial charge in [-0.1, -0.05) is 43.2 Å². The van der Waals surface area contributed by atoms with Gasteiger partial charge in [-0.05, 0) is 18.8 Å². The maximum Gasteiger partial charge on any atom is 0.318 e. The van der Waals surface area contributed by atoms with Gasteiger partial charge in [-0.2, -0.15) is 0 Å². The number of hydrogen-bond acceptors (Lipinski definition) is 3. The second-order valence-electron chi connectivity index (χ2n) is 7.28. The second kappa shape index (κ2) is 8.48. The Labute approximate surface area is 149 Å². The van der Waals surface area contributed by atoms with E-state index in [2.05, 4.69) is 24.3 Å². The average Bonchev–Trinajstić information content (AvgIpc) is 3.17. The van der Waals surface area contributed by atoms with E-state index in [0.717, 1.165) is 58.4 Å². The molecule has 1 N–H and O–H groups in total. The third kappa shape index (κ3) is 4.40. The zero-order valence-corrected chi connectivity index (χ0v) is 15.1. The molecule has 0 spiro atoms. The fourth-order valence-corrected chi connectivity index (χ4v) is 4.21. The first kappa shape index (κ1) is 17.9. The van der Waals surface area contributed by atoms with Gasteiger partial charge in [0.15, 0.2) is 0 Å². The van der Waals surface area contributed by atoms with Gasteiger partial charge in [-0.15, -0.1) is 0 Å². The number of nitrogens with one attached hydrogen (secondary N) is 1. The Balaban J connectivity index is 1.57. The fourth-order valence-electron chi connectivity index (χ4n) is 4.21. The topological polar surface area (TPSA) is 51.1 Å². The summed E-state index contributed by atoms with van der Waals surface area (Å²) in [5, 5.41) is 0. The first-order chi connectivity index (χ1) is 12.2. The summed E-state index contributed by atoms with van der Waals surface area (Å²) in [5.74, 6) is -0.800. The first-order valence-electron chi connectivity index (χ1n) is 9.43. The van der Waals surface area contributed by atoms with E-state index in [4.69, 9.17) is 4.74 Å². The summed E-state index contributed by atoms with van der Waals surface area (Å²) in [6.07, 6.45) is 4.15. The number of amides is 1. The molecule has 0 unspecified atom stereocenters. The number of ether oxygens (including phenoxy) is 1. The second-order valence-corrected chi connectivity index (χ2v) is 7.28. The van der Waals surface area contributed by atoms with Gasteiger partial charge >= 0.3 is 5.97 Å². The lowest BCUT2D eigenvalue weighted by molar-refractivity contribution is -0.917. The molecule has 1 aliphatic carbocycles. The monoisotopic (exact) mass is 345 g/mol. The predicted octanol–water partition coefficient (Wildman–Crippen LogP) is 0.893. The average molecular weight is 345 g/mol. The summed E-state index contributed by atoms with van der Waals surface area (Å²) in [6.45, 7) is 4.30. The molecule has 1 heterocycles. The van der Waals surface area contributed by atoms with Crippen LogP contribution in [0.1, 0.15) is 31.2 Å². The van der Waals surface area contributed by atoms with Crippen molar-refractivity contribution in [3.8, 4) is 0 Å². The minimum Gasteiger partial charge on any atom is -0.468 e. The molecular formula is C20H29N2O3+. The maximum absolute atomic E-state index is 13.0. The van der Waals surface area contributed by atoms with Crippen molar-refractivity contribution in [3.05, 3.63) is 35.9 Å². The lowest BCUT2D eigenvalue weighted by Gasteiger charge is -2.34. The van der Waals surface area contributed by atoms with Gasteiger partial charge in [0.1, 0.15) is 12.5 Å². The highest BCUT2D eigenvalue weighted by Crippen LogP contribution is 2.33. The van der Waals surface area contributed by atoms with Crippen molar-refractivity contribution >= 4 is 11.9 Å². The van der Waals surface area contributed by atoms with Gasteiger partial charge in [0.25, 0.3) is 0 Å². The molecule has 1 aliphatic heterocycles. The Morgan fingerprint density at radius 2 is 1.80 bits per heavy atom. The van der Waals surface area contributed by atoms with E-state index >= 15 is 0 Å². The van der Waals surface area contributed by atoms with E-state index in [1.807, 2.05) is 11.0 Å². The normalized spacial score (nSPS) is 20.4. The van der Waals surface area contributed by atoms with Crippen LogP contribution in [0, 0.1) is 11.8 Å². The molecule has 2 fully saturated rings. The molecule has 25 heavy (non-hydrogen) atoms. The number of carbonyl (C=O) groups excluding carboxylic acids is 2. The Morgan fingerprint density at radius 3 is 2.40 bits per heavy atom. The summed E-state index contributed by atoms with van der Waals surface area (Å²) in [6, 6.07) is 10.5. The zero-order chi connectivity index (χ0) is 17.6. The summed E-state index contributed by atoms with van der Waals surface area (Å²) >= 11 is 0. The Morgan fingerprint density at radius 1 is 1.16 bits per heavy atom. The molecule has 1 aromatic rings. The number of quaternary nitrogens is 1. The quantitative estimate of drug-likeness (QED) is 0.637. The highest BCUT2D eigenvalue weighted by molar-refractivity contribution is 5.98. The molecule has 2 aliphatic rings. The number of benzene rings is 1. The molecule has 0 radical (unpaired) electrons. The van der Waals surface area contributed by atoms with Crippen molar-refractivity contribution < 1.29 is 19.2 Å². The molecule has 0 bridgehead atoms. The molecule has 5 nitrogen and oxygen atoms in total. The molecule has 1 atom stereocenters. The van der Waals surface area contributed by atoms with E-state index in [1.165, 1.54) is 17.6 Å². The lowest BCUT2D eigenvalue weighted by atomic mass is 9.89. The van der Waals surface area contributed by atoms with Crippen LogP contribution in [0.4, 0.5) is 0 Å². The molecule has 1 amide bonds. The zero-order valence-electron chi connectivity index (χ0n) is 15.1. The van der Waals surface area contributed by atoms with E-state index in [1.54, 1.807) is 0 Å². The number of esters is 1. The molecule has 3 rings (SSSR count). The van der Waals surface area contributed by atoms with Gasteiger partial charge < -0.3 is 14.5 Å². The molecule has 5 heteroatoms. The fraction of sp³-hybridized carbons (Fsp3) is 0.600. The number of carbonyl (C=O) groups is 2. The van der Waals surface area contributed by atoms with E-state index < -0.39 is 5.92 Å². The van der Waals surface area contributed by atoms with Gasteiger partial charge in [-0.3, -0.25) is 9.59 Å². The third-order valence-corrected chi connectivity index (χ3v) is 5.67.